The van der Waals surface area contributed by atoms with E-state index < -0.39 is 24.1 Å². The average molecular weight is 491 g/mol. The minimum Gasteiger partial charge on any atom is -0.479 e. The number of carboxylic acids is 1. The van der Waals surface area contributed by atoms with Gasteiger partial charge >= 0.3 is 5.97 Å². The number of hydrogen-bond acceptors (Lipinski definition) is 9. The highest BCUT2D eigenvalue weighted by Crippen LogP contribution is 2.28. The molecular formula is C23H42N2O9. The van der Waals surface area contributed by atoms with Crippen molar-refractivity contribution in [3.63, 3.8) is 0 Å². The van der Waals surface area contributed by atoms with Crippen molar-refractivity contribution in [1.29, 1.82) is 0 Å². The largest absolute Gasteiger partial charge is 0.479 e. The zero-order valence-corrected chi connectivity index (χ0v) is 20.9. The van der Waals surface area contributed by atoms with Gasteiger partial charge in [-0.1, -0.05) is 0 Å². The maximum absolute atomic E-state index is 13.2. The van der Waals surface area contributed by atoms with Gasteiger partial charge in [0.05, 0.1) is 66.1 Å². The summed E-state index contributed by atoms with van der Waals surface area (Å²) in [6, 6.07) is -0.137. The number of rotatable bonds is 3. The fraction of sp³-hybridized carbons (Fsp3) is 0.913. The molecular weight excluding hydrogens is 448 g/mol. The molecule has 1 amide bonds. The Balaban J connectivity index is 2.04. The molecule has 0 aromatic heterocycles. The Hall–Kier alpha value is -1.34. The highest BCUT2D eigenvalue weighted by molar-refractivity contribution is 5.88. The van der Waals surface area contributed by atoms with Crippen LogP contribution in [0.2, 0.25) is 0 Å². The van der Waals surface area contributed by atoms with Crippen LogP contribution in [0.4, 0.5) is 0 Å². The molecule has 2 atom stereocenters. The third kappa shape index (κ3) is 10.9. The van der Waals surface area contributed by atoms with E-state index in [9.17, 15) is 14.7 Å². The van der Waals surface area contributed by atoms with E-state index >= 15 is 0 Å². The lowest BCUT2D eigenvalue weighted by molar-refractivity contribution is -0.171. The highest BCUT2D eigenvalue weighted by Gasteiger charge is 2.41. The number of nitrogens with one attached hydrogen (secondary N) is 2. The molecule has 2 rings (SSSR count). The Bertz CT molecular complexity index is 614. The van der Waals surface area contributed by atoms with Crippen LogP contribution >= 0.6 is 0 Å². The first-order valence-corrected chi connectivity index (χ1v) is 12.0. The molecule has 2 saturated heterocycles. The van der Waals surface area contributed by atoms with E-state index in [2.05, 4.69) is 38.3 Å². The fourth-order valence-corrected chi connectivity index (χ4v) is 4.53. The van der Waals surface area contributed by atoms with Crippen LogP contribution in [0.5, 0.6) is 0 Å². The molecule has 0 radical (unpaired) electrons. The topological polar surface area (TPSA) is 134 Å². The number of piperidine rings is 1. The Morgan fingerprint density at radius 1 is 0.706 bits per heavy atom. The lowest BCUT2D eigenvalue weighted by atomic mass is 9.79. The van der Waals surface area contributed by atoms with Crippen molar-refractivity contribution >= 4 is 11.9 Å². The van der Waals surface area contributed by atoms with Gasteiger partial charge in [0.15, 0.2) is 12.2 Å². The number of amides is 1. The smallest absolute Gasteiger partial charge is 0.336 e. The summed E-state index contributed by atoms with van der Waals surface area (Å²) in [5, 5.41) is 16.3. The summed E-state index contributed by atoms with van der Waals surface area (Å²) in [7, 11) is 0. The van der Waals surface area contributed by atoms with E-state index in [1.54, 1.807) is 0 Å². The molecule has 2 aliphatic heterocycles. The van der Waals surface area contributed by atoms with Crippen LogP contribution in [-0.2, 0) is 38.0 Å². The van der Waals surface area contributed by atoms with Gasteiger partial charge in [-0.25, -0.2) is 4.79 Å². The van der Waals surface area contributed by atoms with Crippen molar-refractivity contribution in [2.24, 2.45) is 0 Å². The second kappa shape index (κ2) is 14.3. The molecule has 3 N–H and O–H groups in total. The van der Waals surface area contributed by atoms with Crippen molar-refractivity contribution in [1.82, 2.24) is 10.6 Å². The molecule has 2 aliphatic rings. The van der Waals surface area contributed by atoms with E-state index in [4.69, 9.17) is 28.4 Å². The summed E-state index contributed by atoms with van der Waals surface area (Å²) >= 11 is 0. The monoisotopic (exact) mass is 490 g/mol. The Labute approximate surface area is 202 Å². The summed E-state index contributed by atoms with van der Waals surface area (Å²) < 4.78 is 32.9. The van der Waals surface area contributed by atoms with Crippen LogP contribution in [0.1, 0.15) is 40.5 Å². The molecule has 0 aromatic carbocycles. The molecule has 0 aliphatic carbocycles. The van der Waals surface area contributed by atoms with Gasteiger partial charge in [-0.2, -0.15) is 0 Å². The van der Waals surface area contributed by atoms with Gasteiger partial charge in [-0.3, -0.25) is 4.79 Å². The molecule has 0 saturated carbocycles. The lowest BCUT2D eigenvalue weighted by Gasteiger charge is -2.46. The zero-order valence-electron chi connectivity index (χ0n) is 20.9. The molecule has 2 fully saturated rings. The predicted octanol–water partition coefficient (Wildman–Crippen LogP) is 0.347. The van der Waals surface area contributed by atoms with Crippen molar-refractivity contribution < 1.29 is 43.1 Å². The summed E-state index contributed by atoms with van der Waals surface area (Å²) in [4.78, 5) is 25.2. The van der Waals surface area contributed by atoms with E-state index in [0.29, 0.717) is 52.5 Å². The average Bonchev–Trinajstić information content (AvgIpc) is 2.70. The number of ether oxygens (including phenoxy) is 6. The summed E-state index contributed by atoms with van der Waals surface area (Å²) in [6.45, 7) is 11.1. The molecule has 0 bridgehead atoms. The van der Waals surface area contributed by atoms with E-state index in [1.807, 2.05) is 0 Å². The summed E-state index contributed by atoms with van der Waals surface area (Å²) in [5.74, 6) is -1.80. The lowest BCUT2D eigenvalue weighted by Crippen LogP contribution is -2.63. The minimum absolute atomic E-state index is 0.00285. The molecule has 11 nitrogen and oxygen atoms in total. The zero-order chi connectivity index (χ0) is 25.0. The van der Waals surface area contributed by atoms with Gasteiger partial charge in [0.2, 0.25) is 0 Å². The normalized spacial score (nSPS) is 28.8. The number of carboxylic acid groups (broad SMARTS) is 1. The van der Waals surface area contributed by atoms with E-state index in [-0.39, 0.29) is 43.5 Å². The first-order chi connectivity index (χ1) is 16.1. The first-order valence-electron chi connectivity index (χ1n) is 12.0. The van der Waals surface area contributed by atoms with Crippen molar-refractivity contribution in [3.8, 4) is 0 Å². The quantitative estimate of drug-likeness (QED) is 0.509. The molecule has 34 heavy (non-hydrogen) atoms. The highest BCUT2D eigenvalue weighted by atomic mass is 16.6. The van der Waals surface area contributed by atoms with Crippen LogP contribution < -0.4 is 10.6 Å². The van der Waals surface area contributed by atoms with Crippen LogP contribution in [-0.4, -0.2) is 112 Å². The molecule has 2 heterocycles. The number of hydrogen-bond donors (Lipinski definition) is 3. The SMILES string of the molecule is CC1(C)CC(NC(=O)[C@H]2OCCOCCOCCOCCOCCO[C@H]2C(=O)O)CC(C)(C)N1. The Kier molecular flexibility index (Phi) is 12.1. The first kappa shape index (κ1) is 28.9. The van der Waals surface area contributed by atoms with Gasteiger partial charge in [-0.05, 0) is 40.5 Å². The van der Waals surface area contributed by atoms with E-state index in [0.717, 1.165) is 0 Å². The van der Waals surface area contributed by atoms with Gasteiger partial charge < -0.3 is 44.2 Å². The van der Waals surface area contributed by atoms with Gasteiger partial charge in [0.25, 0.3) is 5.91 Å². The third-order valence-electron chi connectivity index (χ3n) is 5.48. The predicted molar refractivity (Wildman–Crippen MR) is 123 cm³/mol. The minimum atomic E-state index is -1.48. The summed E-state index contributed by atoms with van der Waals surface area (Å²) in [6.07, 6.45) is -1.41. The van der Waals surface area contributed by atoms with E-state index in [1.165, 1.54) is 0 Å². The maximum Gasteiger partial charge on any atom is 0.336 e. The molecule has 198 valence electrons. The van der Waals surface area contributed by atoms with Gasteiger partial charge in [0.1, 0.15) is 0 Å². The van der Waals surface area contributed by atoms with Crippen LogP contribution in [0.3, 0.4) is 0 Å². The maximum atomic E-state index is 13.2. The van der Waals surface area contributed by atoms with Crippen molar-refractivity contribution in [2.45, 2.75) is 69.9 Å². The third-order valence-corrected chi connectivity index (χ3v) is 5.48. The van der Waals surface area contributed by atoms with Crippen LogP contribution in [0.25, 0.3) is 0 Å². The molecule has 0 aromatic rings. The van der Waals surface area contributed by atoms with Crippen LogP contribution in [0.15, 0.2) is 0 Å². The Morgan fingerprint density at radius 3 is 1.50 bits per heavy atom. The number of carbonyl (C=O) groups is 2. The number of carbonyl (C=O) groups excluding carboxylic acids is 1. The molecule has 11 heteroatoms. The van der Waals surface area contributed by atoms with Gasteiger partial charge in [0, 0.05) is 17.1 Å². The van der Waals surface area contributed by atoms with Crippen molar-refractivity contribution in [3.05, 3.63) is 0 Å². The number of aliphatic carboxylic acids is 1. The Morgan fingerprint density at radius 2 is 1.09 bits per heavy atom. The standard InChI is InChI=1S/C23H42N2O9/c1-22(2)15-17(16-23(3,4)25-22)24-20(26)18-19(21(27)28)34-14-12-32-10-8-30-6-5-29-7-9-31-11-13-33-18/h17-19,25H,5-16H2,1-4H3,(H,24,26)(H,27,28)/t18-,19+/m0/s1. The summed E-state index contributed by atoms with van der Waals surface area (Å²) in [5.41, 5.74) is -0.364. The van der Waals surface area contributed by atoms with Gasteiger partial charge in [-0.15, -0.1) is 0 Å². The van der Waals surface area contributed by atoms with Crippen molar-refractivity contribution in [2.75, 3.05) is 66.1 Å². The molecule has 0 unspecified atom stereocenters. The second-order valence-corrected chi connectivity index (χ2v) is 9.88. The molecule has 0 spiro atoms. The fourth-order valence-electron chi connectivity index (χ4n) is 4.53. The second-order valence-electron chi connectivity index (χ2n) is 9.88. The van der Waals surface area contributed by atoms with Crippen LogP contribution in [0, 0.1) is 0 Å².